The lowest BCUT2D eigenvalue weighted by atomic mass is 9.98. The van der Waals surface area contributed by atoms with Crippen LogP contribution in [-0.2, 0) is 0 Å². The highest BCUT2D eigenvalue weighted by molar-refractivity contribution is 6.33. The Kier molecular flexibility index (Phi) is 4.18. The van der Waals surface area contributed by atoms with Crippen LogP contribution < -0.4 is 4.74 Å². The predicted molar refractivity (Wildman–Crippen MR) is 81.1 cm³/mol. The molecule has 0 radical (unpaired) electrons. The van der Waals surface area contributed by atoms with E-state index in [1.54, 1.807) is 10.9 Å². The maximum Gasteiger partial charge on any atom is 0.177 e. The summed E-state index contributed by atoms with van der Waals surface area (Å²) < 4.78 is 7.58. The monoisotopic (exact) mass is 310 g/mol. The van der Waals surface area contributed by atoms with Gasteiger partial charge >= 0.3 is 0 Å². The molecule has 1 heterocycles. The van der Waals surface area contributed by atoms with E-state index in [-0.39, 0.29) is 6.10 Å². The predicted octanol–water partition coefficient (Wildman–Crippen LogP) is 4.89. The second kappa shape index (κ2) is 6.06. The molecule has 2 aromatic rings. The summed E-state index contributed by atoms with van der Waals surface area (Å²) in [4.78, 5) is 0. The molecule has 106 valence electrons. The highest BCUT2D eigenvalue weighted by atomic mass is 35.5. The van der Waals surface area contributed by atoms with Crippen LogP contribution in [0.25, 0.3) is 5.69 Å². The van der Waals surface area contributed by atoms with Gasteiger partial charge in [0, 0.05) is 0 Å². The van der Waals surface area contributed by atoms with Crippen molar-refractivity contribution in [3.63, 3.8) is 0 Å². The standard InChI is InChI=1S/C15H16Cl2N2O/c16-12-8-4-5-9-13(12)19-15(17)14(10-18-19)20-11-6-2-1-3-7-11/h4-5,8-11H,1-3,6-7H2. The SMILES string of the molecule is Clc1ccccc1-n1ncc(OC2CCCCC2)c1Cl. The van der Waals surface area contributed by atoms with Crippen molar-refractivity contribution in [1.29, 1.82) is 0 Å². The summed E-state index contributed by atoms with van der Waals surface area (Å²) in [6.07, 6.45) is 7.85. The third-order valence-electron chi connectivity index (χ3n) is 3.61. The van der Waals surface area contributed by atoms with Crippen molar-refractivity contribution in [2.75, 3.05) is 0 Å². The third kappa shape index (κ3) is 2.79. The molecule has 0 aliphatic heterocycles. The molecular weight excluding hydrogens is 295 g/mol. The Morgan fingerprint density at radius 2 is 1.85 bits per heavy atom. The third-order valence-corrected chi connectivity index (χ3v) is 4.27. The second-order valence-electron chi connectivity index (χ2n) is 5.04. The maximum absolute atomic E-state index is 6.37. The number of rotatable bonds is 3. The largest absolute Gasteiger partial charge is 0.485 e. The van der Waals surface area contributed by atoms with E-state index < -0.39 is 0 Å². The number of ether oxygens (including phenoxy) is 1. The van der Waals surface area contributed by atoms with Crippen LogP contribution >= 0.6 is 23.2 Å². The van der Waals surface area contributed by atoms with Gasteiger partial charge in [0.2, 0.25) is 0 Å². The van der Waals surface area contributed by atoms with Gasteiger partial charge in [0.15, 0.2) is 10.9 Å². The van der Waals surface area contributed by atoms with E-state index in [1.807, 2.05) is 24.3 Å². The smallest absolute Gasteiger partial charge is 0.177 e. The summed E-state index contributed by atoms with van der Waals surface area (Å²) in [7, 11) is 0. The Labute approximate surface area is 128 Å². The number of para-hydroxylation sites is 1. The Hall–Kier alpha value is -1.19. The van der Waals surface area contributed by atoms with E-state index in [4.69, 9.17) is 27.9 Å². The average molecular weight is 311 g/mol. The number of aromatic nitrogens is 2. The quantitative estimate of drug-likeness (QED) is 0.807. The van der Waals surface area contributed by atoms with Gasteiger partial charge < -0.3 is 4.74 Å². The fourth-order valence-corrected chi connectivity index (χ4v) is 3.00. The minimum absolute atomic E-state index is 0.255. The molecule has 0 saturated heterocycles. The zero-order valence-corrected chi connectivity index (χ0v) is 12.6. The van der Waals surface area contributed by atoms with Crippen LogP contribution in [0.2, 0.25) is 10.2 Å². The van der Waals surface area contributed by atoms with Gasteiger partial charge in [-0.1, -0.05) is 41.8 Å². The van der Waals surface area contributed by atoms with E-state index in [0.29, 0.717) is 15.9 Å². The molecule has 1 aliphatic carbocycles. The van der Waals surface area contributed by atoms with Crippen LogP contribution in [0.1, 0.15) is 32.1 Å². The van der Waals surface area contributed by atoms with E-state index in [0.717, 1.165) is 18.5 Å². The lowest BCUT2D eigenvalue weighted by Gasteiger charge is -2.22. The van der Waals surface area contributed by atoms with Gasteiger partial charge in [-0.05, 0) is 37.8 Å². The fraction of sp³-hybridized carbons (Fsp3) is 0.400. The molecule has 1 fully saturated rings. The molecule has 3 nitrogen and oxygen atoms in total. The molecule has 0 N–H and O–H groups in total. The number of hydrogen-bond acceptors (Lipinski definition) is 2. The van der Waals surface area contributed by atoms with Gasteiger partial charge in [-0.25, -0.2) is 4.68 Å². The highest BCUT2D eigenvalue weighted by Crippen LogP contribution is 2.32. The van der Waals surface area contributed by atoms with Gasteiger partial charge in [0.05, 0.1) is 23.0 Å². The van der Waals surface area contributed by atoms with E-state index in [2.05, 4.69) is 5.10 Å². The Bertz CT molecular complexity index is 591. The van der Waals surface area contributed by atoms with Crippen LogP contribution in [0, 0.1) is 0 Å². The van der Waals surface area contributed by atoms with Gasteiger partial charge in [0.25, 0.3) is 0 Å². The first kappa shape index (κ1) is 13.8. The molecule has 1 saturated carbocycles. The van der Waals surface area contributed by atoms with Crippen LogP contribution in [0.15, 0.2) is 30.5 Å². The minimum Gasteiger partial charge on any atom is -0.485 e. The molecule has 1 aromatic heterocycles. The van der Waals surface area contributed by atoms with Crippen molar-refractivity contribution in [1.82, 2.24) is 9.78 Å². The zero-order chi connectivity index (χ0) is 13.9. The van der Waals surface area contributed by atoms with Crippen LogP contribution in [0.5, 0.6) is 5.75 Å². The molecular formula is C15H16Cl2N2O. The minimum atomic E-state index is 0.255. The fourth-order valence-electron chi connectivity index (χ4n) is 2.55. The van der Waals surface area contributed by atoms with Gasteiger partial charge in [-0.15, -0.1) is 0 Å². The van der Waals surface area contributed by atoms with Crippen LogP contribution in [0.4, 0.5) is 0 Å². The summed E-state index contributed by atoms with van der Waals surface area (Å²) in [5.41, 5.74) is 0.762. The molecule has 3 rings (SSSR count). The molecule has 0 amide bonds. The molecule has 0 unspecified atom stereocenters. The number of nitrogens with zero attached hydrogens (tertiary/aromatic N) is 2. The van der Waals surface area contributed by atoms with Crippen molar-refractivity contribution in [3.8, 4) is 11.4 Å². The zero-order valence-electron chi connectivity index (χ0n) is 11.1. The Morgan fingerprint density at radius 3 is 2.60 bits per heavy atom. The van der Waals surface area contributed by atoms with Gasteiger partial charge in [-0.3, -0.25) is 0 Å². The van der Waals surface area contributed by atoms with E-state index >= 15 is 0 Å². The van der Waals surface area contributed by atoms with Crippen molar-refractivity contribution < 1.29 is 4.74 Å². The normalized spacial score (nSPS) is 16.3. The van der Waals surface area contributed by atoms with Crippen LogP contribution in [-0.4, -0.2) is 15.9 Å². The number of halogens is 2. The Morgan fingerprint density at radius 1 is 1.10 bits per heavy atom. The maximum atomic E-state index is 6.37. The average Bonchev–Trinajstić information content (AvgIpc) is 2.82. The summed E-state index contributed by atoms with van der Waals surface area (Å²) >= 11 is 12.5. The number of hydrogen-bond donors (Lipinski definition) is 0. The second-order valence-corrected chi connectivity index (χ2v) is 5.81. The van der Waals surface area contributed by atoms with Crippen molar-refractivity contribution in [3.05, 3.63) is 40.6 Å². The lowest BCUT2D eigenvalue weighted by Crippen LogP contribution is -2.19. The number of benzene rings is 1. The summed E-state index contributed by atoms with van der Waals surface area (Å²) in [5.74, 6) is 0.637. The summed E-state index contributed by atoms with van der Waals surface area (Å²) in [6, 6.07) is 7.48. The Balaban J connectivity index is 1.83. The first-order valence-electron chi connectivity index (χ1n) is 6.91. The molecule has 1 aliphatic rings. The topological polar surface area (TPSA) is 27.1 Å². The van der Waals surface area contributed by atoms with Gasteiger partial charge in [0.1, 0.15) is 0 Å². The molecule has 5 heteroatoms. The van der Waals surface area contributed by atoms with Gasteiger partial charge in [-0.2, -0.15) is 5.10 Å². The molecule has 20 heavy (non-hydrogen) atoms. The van der Waals surface area contributed by atoms with Crippen molar-refractivity contribution in [2.24, 2.45) is 0 Å². The molecule has 1 aromatic carbocycles. The first-order chi connectivity index (χ1) is 9.75. The summed E-state index contributed by atoms with van der Waals surface area (Å²) in [6.45, 7) is 0. The first-order valence-corrected chi connectivity index (χ1v) is 7.66. The van der Waals surface area contributed by atoms with Crippen molar-refractivity contribution >= 4 is 23.2 Å². The van der Waals surface area contributed by atoms with Crippen LogP contribution in [0.3, 0.4) is 0 Å². The van der Waals surface area contributed by atoms with Crippen molar-refractivity contribution in [2.45, 2.75) is 38.2 Å². The highest BCUT2D eigenvalue weighted by Gasteiger charge is 2.19. The van der Waals surface area contributed by atoms with E-state index in [1.165, 1.54) is 19.3 Å². The lowest BCUT2D eigenvalue weighted by molar-refractivity contribution is 0.155. The molecule has 0 spiro atoms. The van der Waals surface area contributed by atoms with E-state index in [9.17, 15) is 0 Å². The molecule has 0 atom stereocenters. The summed E-state index contributed by atoms with van der Waals surface area (Å²) in [5, 5.41) is 5.38. The molecule has 0 bridgehead atoms.